The van der Waals surface area contributed by atoms with Gasteiger partial charge in [0.05, 0.1) is 0 Å². The molecule has 0 aromatic heterocycles. The highest BCUT2D eigenvalue weighted by Crippen LogP contribution is 2.65. The summed E-state index contributed by atoms with van der Waals surface area (Å²) in [6.45, 7) is 16.0. The number of amides is 5. The molecule has 5 atom stereocenters. The maximum Gasteiger partial charge on any atom is 0.315 e. The van der Waals surface area contributed by atoms with E-state index < -0.39 is 77.4 Å². The monoisotopic (exact) mass is 543 g/mol. The molecule has 1 aliphatic carbocycles. The summed E-state index contributed by atoms with van der Waals surface area (Å²) < 4.78 is 28.4. The van der Waals surface area contributed by atoms with Gasteiger partial charge in [-0.2, -0.15) is 0 Å². The van der Waals surface area contributed by atoms with Crippen LogP contribution in [0, 0.1) is 22.7 Å². The third-order valence-corrected chi connectivity index (χ3v) is 7.53. The smallest absolute Gasteiger partial charge is 0.315 e. The number of ketones is 1. The van der Waals surface area contributed by atoms with E-state index in [4.69, 9.17) is 5.73 Å². The molecule has 216 valence electrons. The first kappa shape index (κ1) is 31.4. The highest BCUT2D eigenvalue weighted by molar-refractivity contribution is 6.37. The minimum Gasteiger partial charge on any atom is -0.363 e. The molecule has 1 unspecified atom stereocenters. The first-order valence-electron chi connectivity index (χ1n) is 12.9. The Bertz CT molecular complexity index is 985. The molecule has 5 amide bonds. The molecular formula is C26H43F2N5O5. The fraction of sp³-hybridized carbons (Fsp3) is 0.808. The lowest BCUT2D eigenvalue weighted by Gasteiger charge is -2.38. The molecule has 2 fully saturated rings. The van der Waals surface area contributed by atoms with Crippen LogP contribution in [0.3, 0.4) is 0 Å². The molecule has 1 saturated carbocycles. The number of alkyl halides is 2. The summed E-state index contributed by atoms with van der Waals surface area (Å²) in [6, 6.07) is -4.46. The molecule has 5 N–H and O–H groups in total. The van der Waals surface area contributed by atoms with Gasteiger partial charge in [0.25, 0.3) is 5.91 Å². The number of halogens is 2. The number of nitrogens with one attached hydrogen (secondary N) is 3. The van der Waals surface area contributed by atoms with E-state index in [0.717, 1.165) is 0 Å². The van der Waals surface area contributed by atoms with Gasteiger partial charge >= 0.3 is 6.03 Å². The number of primary amides is 1. The Kier molecular flexibility index (Phi) is 8.61. The Morgan fingerprint density at radius 2 is 1.58 bits per heavy atom. The molecule has 1 aliphatic heterocycles. The van der Waals surface area contributed by atoms with Gasteiger partial charge in [-0.1, -0.05) is 41.5 Å². The Hall–Kier alpha value is -2.79. The fourth-order valence-electron chi connectivity index (χ4n) is 5.22. The molecule has 10 nitrogen and oxygen atoms in total. The van der Waals surface area contributed by atoms with Crippen molar-refractivity contribution in [3.8, 4) is 0 Å². The molecule has 0 spiro atoms. The average molecular weight is 544 g/mol. The van der Waals surface area contributed by atoms with E-state index in [1.807, 2.05) is 13.8 Å². The third kappa shape index (κ3) is 6.99. The average Bonchev–Trinajstić information content (AvgIpc) is 3.08. The van der Waals surface area contributed by atoms with Crippen molar-refractivity contribution in [1.29, 1.82) is 0 Å². The molecule has 1 saturated heterocycles. The van der Waals surface area contributed by atoms with E-state index >= 15 is 0 Å². The van der Waals surface area contributed by atoms with Crippen molar-refractivity contribution in [2.45, 2.75) is 105 Å². The van der Waals surface area contributed by atoms with Crippen molar-refractivity contribution in [1.82, 2.24) is 20.9 Å². The summed E-state index contributed by atoms with van der Waals surface area (Å²) in [6.07, 6.45) is -1.69. The van der Waals surface area contributed by atoms with Crippen molar-refractivity contribution < 1.29 is 32.8 Å². The number of piperidine rings is 1. The van der Waals surface area contributed by atoms with Crippen molar-refractivity contribution in [2.24, 2.45) is 28.4 Å². The summed E-state index contributed by atoms with van der Waals surface area (Å²) in [4.78, 5) is 65.2. The normalized spacial score (nSPS) is 24.1. The van der Waals surface area contributed by atoms with Crippen LogP contribution in [0.2, 0.25) is 0 Å². The molecule has 0 aromatic rings. The molecule has 0 radical (unpaired) electrons. The number of rotatable bonds is 9. The zero-order chi connectivity index (χ0) is 29.6. The van der Waals surface area contributed by atoms with E-state index in [1.165, 1.54) is 11.8 Å². The zero-order valence-corrected chi connectivity index (χ0v) is 23.8. The van der Waals surface area contributed by atoms with Crippen LogP contribution in [0.4, 0.5) is 13.6 Å². The maximum atomic E-state index is 14.2. The highest BCUT2D eigenvalue weighted by atomic mass is 19.3. The maximum absolute atomic E-state index is 14.2. The summed E-state index contributed by atoms with van der Waals surface area (Å²) in [5, 5.41) is 7.78. The molecule has 1 heterocycles. The van der Waals surface area contributed by atoms with Crippen LogP contribution < -0.4 is 21.7 Å². The SMILES string of the molecule is CCC(F)(F)CC(NC(=O)[C@@H]1[C@@H]2[C@H](CN1C(=O)[C@@H](NC(=O)NC(C)(C)C)C(C)(C)C)C2(C)C)C(=O)C(N)=O. The van der Waals surface area contributed by atoms with Crippen LogP contribution in [0.25, 0.3) is 0 Å². The number of carbonyl (C=O) groups excluding carboxylic acids is 5. The molecule has 2 aliphatic rings. The topological polar surface area (TPSA) is 151 Å². The first-order chi connectivity index (χ1) is 17.0. The number of carbonyl (C=O) groups is 5. The van der Waals surface area contributed by atoms with Crippen LogP contribution >= 0.6 is 0 Å². The molecule has 2 rings (SSSR count). The number of hydrogen-bond donors (Lipinski definition) is 4. The summed E-state index contributed by atoms with van der Waals surface area (Å²) in [5.74, 6) is -7.72. The second kappa shape index (κ2) is 10.4. The van der Waals surface area contributed by atoms with E-state index in [1.54, 1.807) is 41.5 Å². The molecule has 38 heavy (non-hydrogen) atoms. The van der Waals surface area contributed by atoms with Crippen LogP contribution in [0.15, 0.2) is 0 Å². The lowest BCUT2D eigenvalue weighted by molar-refractivity contribution is -0.145. The minimum absolute atomic E-state index is 0.0337. The van der Waals surface area contributed by atoms with Crippen molar-refractivity contribution >= 4 is 29.5 Å². The molecular weight excluding hydrogens is 500 g/mol. The van der Waals surface area contributed by atoms with Gasteiger partial charge in [0, 0.05) is 24.9 Å². The van der Waals surface area contributed by atoms with Crippen LogP contribution in [0.5, 0.6) is 0 Å². The second-order valence-corrected chi connectivity index (χ2v) is 13.2. The Labute approximate surface area is 223 Å². The second-order valence-electron chi connectivity index (χ2n) is 13.2. The van der Waals surface area contributed by atoms with Crippen molar-refractivity contribution in [2.75, 3.05) is 6.54 Å². The quantitative estimate of drug-likeness (QED) is 0.328. The summed E-state index contributed by atoms with van der Waals surface area (Å²) in [7, 11) is 0. The van der Waals surface area contributed by atoms with Crippen LogP contribution in [-0.2, 0) is 19.2 Å². The lowest BCUT2D eigenvalue weighted by Crippen LogP contribution is -2.62. The number of hydrogen-bond acceptors (Lipinski definition) is 5. The predicted octanol–water partition coefficient (Wildman–Crippen LogP) is 1.96. The van der Waals surface area contributed by atoms with Gasteiger partial charge < -0.3 is 26.6 Å². The van der Waals surface area contributed by atoms with E-state index in [9.17, 15) is 32.8 Å². The third-order valence-electron chi connectivity index (χ3n) is 7.53. The highest BCUT2D eigenvalue weighted by Gasteiger charge is 2.70. The zero-order valence-electron chi connectivity index (χ0n) is 23.8. The lowest BCUT2D eigenvalue weighted by atomic mass is 9.85. The van der Waals surface area contributed by atoms with Crippen LogP contribution in [-0.4, -0.2) is 70.6 Å². The Morgan fingerprint density at radius 1 is 1.03 bits per heavy atom. The van der Waals surface area contributed by atoms with Crippen molar-refractivity contribution in [3.63, 3.8) is 0 Å². The Balaban J connectivity index is 2.36. The van der Waals surface area contributed by atoms with E-state index in [0.29, 0.717) is 0 Å². The van der Waals surface area contributed by atoms with E-state index in [-0.39, 0.29) is 23.8 Å². The number of urea groups is 1. The van der Waals surface area contributed by atoms with Gasteiger partial charge in [0.15, 0.2) is 0 Å². The molecule has 0 bridgehead atoms. The summed E-state index contributed by atoms with van der Waals surface area (Å²) >= 11 is 0. The van der Waals surface area contributed by atoms with Gasteiger partial charge in [-0.25, -0.2) is 13.6 Å². The van der Waals surface area contributed by atoms with Crippen molar-refractivity contribution in [3.05, 3.63) is 0 Å². The largest absolute Gasteiger partial charge is 0.363 e. The van der Waals surface area contributed by atoms with Gasteiger partial charge in [-0.05, 0) is 43.4 Å². The van der Waals surface area contributed by atoms with E-state index in [2.05, 4.69) is 16.0 Å². The molecule has 12 heteroatoms. The predicted molar refractivity (Wildman–Crippen MR) is 137 cm³/mol. The standard InChI is InChI=1S/C26H43F2N5O5/c1-10-26(27,28)11-14(17(34)19(29)35)30-20(36)16-15-13(25(15,8)9)12-33(16)21(37)18(23(2,3)4)31-22(38)32-24(5,6)7/h13-16,18H,10-12H2,1-9H3,(H2,29,35)(H,30,36)(H2,31,32,38)/t13-,14?,15-,16-,18+/m0/s1. The van der Waals surface area contributed by atoms with Crippen LogP contribution in [0.1, 0.15) is 75.2 Å². The first-order valence-corrected chi connectivity index (χ1v) is 12.9. The number of nitrogens with two attached hydrogens (primary N) is 1. The van der Waals surface area contributed by atoms with Gasteiger partial charge in [-0.3, -0.25) is 19.2 Å². The van der Waals surface area contributed by atoms with Gasteiger partial charge in [0.1, 0.15) is 18.1 Å². The number of fused-ring (bicyclic) bond motifs is 1. The number of likely N-dealkylation sites (tertiary alicyclic amines) is 1. The number of nitrogens with zero attached hydrogens (tertiary/aromatic N) is 1. The summed E-state index contributed by atoms with van der Waals surface area (Å²) in [5.41, 5.74) is 3.47. The Morgan fingerprint density at radius 3 is 2.03 bits per heavy atom. The minimum atomic E-state index is -3.32. The fourth-order valence-corrected chi connectivity index (χ4v) is 5.22. The number of Topliss-reactive ketones (excluding diaryl/α,β-unsaturated/α-hetero) is 1. The van der Waals surface area contributed by atoms with Gasteiger partial charge in [-0.15, -0.1) is 0 Å². The van der Waals surface area contributed by atoms with Gasteiger partial charge in [0.2, 0.25) is 23.5 Å². The molecule has 0 aromatic carbocycles.